The summed E-state index contributed by atoms with van der Waals surface area (Å²) in [6, 6.07) is 33.7. The van der Waals surface area contributed by atoms with Crippen molar-refractivity contribution in [1.29, 1.82) is 0 Å². The predicted octanol–water partition coefficient (Wildman–Crippen LogP) is 6.90. The molecule has 3 saturated heterocycles. The molecule has 4 aromatic carbocycles. The molecule has 7 heteroatoms. The standard InChI is InChI=1S/C38H38O7/c1-2-20-39-30-11-3-26(4-12-30)37(27-5-13-31(14-6-27)41-22-34-24-43-34)38(28-7-15-32(16-8-28)42-23-35-25-44-35)29-9-17-33(18-10-29)45-36-19-21-40-36/h2-18,34-38H,1,19-25H2. The van der Waals surface area contributed by atoms with Crippen LogP contribution < -0.4 is 18.9 Å². The van der Waals surface area contributed by atoms with E-state index in [1.807, 2.05) is 24.3 Å². The Bertz CT molecular complexity index is 1520. The van der Waals surface area contributed by atoms with Crippen molar-refractivity contribution in [2.45, 2.75) is 36.8 Å². The fraction of sp³-hybridized carbons (Fsp3) is 0.316. The van der Waals surface area contributed by atoms with Crippen molar-refractivity contribution in [2.75, 3.05) is 39.6 Å². The molecule has 232 valence electrons. The first-order chi connectivity index (χ1) is 22.2. The van der Waals surface area contributed by atoms with Gasteiger partial charge in [0, 0.05) is 18.3 Å². The second-order valence-corrected chi connectivity index (χ2v) is 11.6. The van der Waals surface area contributed by atoms with Gasteiger partial charge in [-0.3, -0.25) is 0 Å². The maximum absolute atomic E-state index is 6.00. The molecule has 7 rings (SSSR count). The maximum Gasteiger partial charge on any atom is 0.202 e. The zero-order chi connectivity index (χ0) is 30.4. The van der Waals surface area contributed by atoms with Crippen LogP contribution in [0.1, 0.15) is 40.5 Å². The zero-order valence-electron chi connectivity index (χ0n) is 25.2. The van der Waals surface area contributed by atoms with Gasteiger partial charge in [0.1, 0.15) is 55.0 Å². The van der Waals surface area contributed by atoms with E-state index in [0.29, 0.717) is 19.8 Å². The smallest absolute Gasteiger partial charge is 0.202 e. The summed E-state index contributed by atoms with van der Waals surface area (Å²) in [6.45, 7) is 7.65. The monoisotopic (exact) mass is 606 g/mol. The summed E-state index contributed by atoms with van der Waals surface area (Å²) in [5.41, 5.74) is 4.67. The molecule has 3 fully saturated rings. The molecular weight excluding hydrogens is 568 g/mol. The molecule has 4 aromatic rings. The number of hydrogen-bond acceptors (Lipinski definition) is 7. The first-order valence-electron chi connectivity index (χ1n) is 15.6. The first-order valence-corrected chi connectivity index (χ1v) is 15.6. The molecule has 45 heavy (non-hydrogen) atoms. The SMILES string of the molecule is C=CCOc1ccc(C(c2ccc(OCC3CO3)cc2)C(c2ccc(OCC3CO3)cc2)c2ccc(OC3CCO3)cc2)cc1. The molecule has 0 aliphatic carbocycles. The van der Waals surface area contributed by atoms with Crippen molar-refractivity contribution in [3.63, 3.8) is 0 Å². The minimum Gasteiger partial charge on any atom is -0.491 e. The van der Waals surface area contributed by atoms with Gasteiger partial charge in [-0.05, 0) is 70.8 Å². The third-order valence-corrected chi connectivity index (χ3v) is 8.26. The van der Waals surface area contributed by atoms with Crippen LogP contribution in [0.2, 0.25) is 0 Å². The van der Waals surface area contributed by atoms with E-state index < -0.39 is 0 Å². The molecule has 0 aromatic heterocycles. The summed E-state index contributed by atoms with van der Waals surface area (Å²) in [5, 5.41) is 0. The molecule has 5 unspecified atom stereocenters. The van der Waals surface area contributed by atoms with Crippen LogP contribution in [0.5, 0.6) is 23.0 Å². The molecule has 0 bridgehead atoms. The predicted molar refractivity (Wildman–Crippen MR) is 171 cm³/mol. The van der Waals surface area contributed by atoms with E-state index in [2.05, 4.69) is 79.4 Å². The summed E-state index contributed by atoms with van der Waals surface area (Å²) >= 11 is 0. The maximum atomic E-state index is 6.00. The van der Waals surface area contributed by atoms with E-state index in [0.717, 1.165) is 49.2 Å². The molecule has 0 spiro atoms. The van der Waals surface area contributed by atoms with Crippen LogP contribution in [-0.2, 0) is 14.2 Å². The molecular formula is C38H38O7. The molecule has 3 heterocycles. The van der Waals surface area contributed by atoms with Gasteiger partial charge in [0.15, 0.2) is 0 Å². The van der Waals surface area contributed by atoms with E-state index in [-0.39, 0.29) is 30.3 Å². The average molecular weight is 607 g/mol. The van der Waals surface area contributed by atoms with Gasteiger partial charge in [0.2, 0.25) is 6.29 Å². The van der Waals surface area contributed by atoms with Gasteiger partial charge in [0.05, 0.1) is 19.8 Å². The summed E-state index contributed by atoms with van der Waals surface area (Å²) in [4.78, 5) is 0. The highest BCUT2D eigenvalue weighted by Crippen LogP contribution is 2.44. The van der Waals surface area contributed by atoms with E-state index in [1.54, 1.807) is 6.08 Å². The third-order valence-electron chi connectivity index (χ3n) is 8.26. The lowest BCUT2D eigenvalue weighted by atomic mass is 9.73. The Morgan fingerprint density at radius 2 is 0.956 bits per heavy atom. The zero-order valence-corrected chi connectivity index (χ0v) is 25.2. The molecule has 0 radical (unpaired) electrons. The van der Waals surface area contributed by atoms with Gasteiger partial charge in [0.25, 0.3) is 0 Å². The minimum atomic E-state index is -0.165. The Hall–Kier alpha value is -4.30. The van der Waals surface area contributed by atoms with Crippen LogP contribution in [0, 0.1) is 0 Å². The Morgan fingerprint density at radius 3 is 1.29 bits per heavy atom. The minimum absolute atomic E-state index is 0.0207. The van der Waals surface area contributed by atoms with Crippen molar-refractivity contribution in [2.24, 2.45) is 0 Å². The summed E-state index contributed by atoms with van der Waals surface area (Å²) < 4.78 is 39.9. The molecule has 7 nitrogen and oxygen atoms in total. The number of hydrogen-bond donors (Lipinski definition) is 0. The normalized spacial score (nSPS) is 21.1. The highest BCUT2D eigenvalue weighted by molar-refractivity contribution is 5.48. The quantitative estimate of drug-likeness (QED) is 0.102. The van der Waals surface area contributed by atoms with E-state index in [1.165, 1.54) is 22.3 Å². The topological polar surface area (TPSA) is 71.2 Å². The fourth-order valence-electron chi connectivity index (χ4n) is 5.54. The van der Waals surface area contributed by atoms with E-state index in [9.17, 15) is 0 Å². The van der Waals surface area contributed by atoms with E-state index >= 15 is 0 Å². The van der Waals surface area contributed by atoms with Crippen molar-refractivity contribution in [1.82, 2.24) is 0 Å². The van der Waals surface area contributed by atoms with Crippen molar-refractivity contribution in [3.05, 3.63) is 132 Å². The van der Waals surface area contributed by atoms with Crippen LogP contribution in [-0.4, -0.2) is 58.1 Å². The Morgan fingerprint density at radius 1 is 0.578 bits per heavy atom. The number of ether oxygens (including phenoxy) is 7. The van der Waals surface area contributed by atoms with Crippen LogP contribution in [0.3, 0.4) is 0 Å². The Labute approximate surface area is 264 Å². The largest absolute Gasteiger partial charge is 0.491 e. The van der Waals surface area contributed by atoms with Crippen molar-refractivity contribution < 1.29 is 33.2 Å². The lowest BCUT2D eigenvalue weighted by molar-refractivity contribution is -0.165. The van der Waals surface area contributed by atoms with Gasteiger partial charge >= 0.3 is 0 Å². The van der Waals surface area contributed by atoms with Gasteiger partial charge in [-0.1, -0.05) is 61.2 Å². The summed E-state index contributed by atoms with van der Waals surface area (Å²) in [5.74, 6) is 3.23. The highest BCUT2D eigenvalue weighted by Gasteiger charge is 2.30. The third kappa shape index (κ3) is 7.68. The fourth-order valence-corrected chi connectivity index (χ4v) is 5.54. The lowest BCUT2D eigenvalue weighted by Gasteiger charge is -2.30. The van der Waals surface area contributed by atoms with Crippen LogP contribution in [0.4, 0.5) is 0 Å². The lowest BCUT2D eigenvalue weighted by Crippen LogP contribution is -2.32. The van der Waals surface area contributed by atoms with Gasteiger partial charge in [-0.2, -0.15) is 0 Å². The van der Waals surface area contributed by atoms with E-state index in [4.69, 9.17) is 33.2 Å². The molecule has 3 aliphatic heterocycles. The van der Waals surface area contributed by atoms with Gasteiger partial charge in [-0.25, -0.2) is 0 Å². The highest BCUT2D eigenvalue weighted by atomic mass is 16.7. The molecule has 0 N–H and O–H groups in total. The number of benzene rings is 4. The average Bonchev–Trinajstić information content (AvgIpc) is 4.00. The molecule has 5 atom stereocenters. The molecule has 0 saturated carbocycles. The second kappa shape index (κ2) is 13.8. The van der Waals surface area contributed by atoms with Crippen LogP contribution in [0.25, 0.3) is 0 Å². The Balaban J connectivity index is 1.25. The number of rotatable bonds is 16. The second-order valence-electron chi connectivity index (χ2n) is 11.6. The molecule has 0 amide bonds. The Kier molecular flexibility index (Phi) is 9.00. The summed E-state index contributed by atoms with van der Waals surface area (Å²) in [6.07, 6.45) is 2.90. The van der Waals surface area contributed by atoms with Crippen LogP contribution in [0.15, 0.2) is 110 Å². The number of epoxide rings is 2. The van der Waals surface area contributed by atoms with Gasteiger partial charge < -0.3 is 33.2 Å². The van der Waals surface area contributed by atoms with Crippen molar-refractivity contribution >= 4 is 0 Å². The van der Waals surface area contributed by atoms with Gasteiger partial charge in [-0.15, -0.1) is 0 Å². The van der Waals surface area contributed by atoms with Crippen molar-refractivity contribution in [3.8, 4) is 23.0 Å². The first kappa shape index (κ1) is 29.4. The summed E-state index contributed by atoms with van der Waals surface area (Å²) in [7, 11) is 0. The van der Waals surface area contributed by atoms with Crippen LogP contribution >= 0.6 is 0 Å². The molecule has 3 aliphatic rings.